The summed E-state index contributed by atoms with van der Waals surface area (Å²) in [6.07, 6.45) is 1.50. The molecule has 2 aromatic rings. The summed E-state index contributed by atoms with van der Waals surface area (Å²) in [4.78, 5) is 6.00. The number of benzene rings is 1. The van der Waals surface area contributed by atoms with Crippen molar-refractivity contribution in [3.63, 3.8) is 0 Å². The van der Waals surface area contributed by atoms with Crippen molar-refractivity contribution >= 4 is 27.0 Å². The Morgan fingerprint density at radius 2 is 1.76 bits per heavy atom. The first-order valence-corrected chi connectivity index (χ1v) is 8.83. The Hall–Kier alpha value is -1.64. The molecule has 0 atom stereocenters. The Kier molecular flexibility index (Phi) is 3.83. The predicted molar refractivity (Wildman–Crippen MR) is 81.2 cm³/mol. The zero-order valence-electron chi connectivity index (χ0n) is 11.2. The van der Waals surface area contributed by atoms with Crippen LogP contribution in [-0.2, 0) is 10.0 Å². The van der Waals surface area contributed by atoms with E-state index in [2.05, 4.69) is 9.88 Å². The van der Waals surface area contributed by atoms with Crippen LogP contribution in [0.4, 0.5) is 5.69 Å². The zero-order valence-corrected chi connectivity index (χ0v) is 12.8. The standard InChI is InChI=1S/C13H15N3O3S2/c17-12-3-1-11(2-4-12)15-6-8-16(9-7-15)21(18,19)13-14-5-10-20-13/h1-5,10,17H,6-9H2. The van der Waals surface area contributed by atoms with Crippen LogP contribution in [0.25, 0.3) is 0 Å². The van der Waals surface area contributed by atoms with Gasteiger partial charge in [0.15, 0.2) is 0 Å². The van der Waals surface area contributed by atoms with Crippen LogP contribution in [0.3, 0.4) is 0 Å². The molecule has 1 aromatic heterocycles. The fourth-order valence-corrected chi connectivity index (χ4v) is 4.69. The van der Waals surface area contributed by atoms with E-state index in [0.717, 1.165) is 17.0 Å². The van der Waals surface area contributed by atoms with Crippen molar-refractivity contribution < 1.29 is 13.5 Å². The van der Waals surface area contributed by atoms with Gasteiger partial charge < -0.3 is 10.0 Å². The molecule has 6 nitrogen and oxygen atoms in total. The molecule has 21 heavy (non-hydrogen) atoms. The maximum atomic E-state index is 12.4. The molecule has 0 unspecified atom stereocenters. The number of phenols is 1. The van der Waals surface area contributed by atoms with E-state index in [-0.39, 0.29) is 10.1 Å². The Labute approximate surface area is 127 Å². The van der Waals surface area contributed by atoms with Crippen LogP contribution in [0.15, 0.2) is 40.2 Å². The van der Waals surface area contributed by atoms with Crippen molar-refractivity contribution in [3.8, 4) is 5.75 Å². The van der Waals surface area contributed by atoms with E-state index < -0.39 is 10.0 Å². The van der Waals surface area contributed by atoms with Gasteiger partial charge in [-0.3, -0.25) is 0 Å². The minimum atomic E-state index is -3.46. The lowest BCUT2D eigenvalue weighted by molar-refractivity contribution is 0.384. The summed E-state index contributed by atoms with van der Waals surface area (Å²) in [7, 11) is -3.46. The molecule has 1 saturated heterocycles. The SMILES string of the molecule is O=S(=O)(c1nccs1)N1CCN(c2ccc(O)cc2)CC1. The van der Waals surface area contributed by atoms with E-state index in [1.165, 1.54) is 10.5 Å². The van der Waals surface area contributed by atoms with E-state index in [1.54, 1.807) is 17.5 Å². The highest BCUT2D eigenvalue weighted by molar-refractivity contribution is 7.91. The van der Waals surface area contributed by atoms with Crippen molar-refractivity contribution in [3.05, 3.63) is 35.8 Å². The molecule has 0 saturated carbocycles. The number of piperazine rings is 1. The van der Waals surface area contributed by atoms with Crippen molar-refractivity contribution in [1.29, 1.82) is 0 Å². The van der Waals surface area contributed by atoms with Crippen LogP contribution in [0, 0.1) is 0 Å². The van der Waals surface area contributed by atoms with Gasteiger partial charge in [-0.25, -0.2) is 13.4 Å². The van der Waals surface area contributed by atoms with Crippen LogP contribution >= 0.6 is 11.3 Å². The third-order valence-corrected chi connectivity index (χ3v) is 6.50. The maximum absolute atomic E-state index is 12.4. The average molecular weight is 325 g/mol. The molecule has 0 spiro atoms. The van der Waals surface area contributed by atoms with Crippen LogP contribution in [0.2, 0.25) is 0 Å². The first-order valence-electron chi connectivity index (χ1n) is 6.51. The molecule has 2 heterocycles. The van der Waals surface area contributed by atoms with Gasteiger partial charge in [-0.1, -0.05) is 0 Å². The van der Waals surface area contributed by atoms with Gasteiger partial charge in [-0.05, 0) is 24.3 Å². The van der Waals surface area contributed by atoms with E-state index >= 15 is 0 Å². The van der Waals surface area contributed by atoms with Gasteiger partial charge in [0.25, 0.3) is 10.0 Å². The van der Waals surface area contributed by atoms with Gasteiger partial charge in [-0.15, -0.1) is 11.3 Å². The minimum absolute atomic E-state index is 0.153. The van der Waals surface area contributed by atoms with Crippen LogP contribution in [0.5, 0.6) is 5.75 Å². The number of aromatic nitrogens is 1. The van der Waals surface area contributed by atoms with E-state index in [1.807, 2.05) is 12.1 Å². The highest BCUT2D eigenvalue weighted by Crippen LogP contribution is 2.23. The van der Waals surface area contributed by atoms with E-state index in [9.17, 15) is 13.5 Å². The maximum Gasteiger partial charge on any atom is 0.270 e. The summed E-state index contributed by atoms with van der Waals surface area (Å²) in [5.74, 6) is 0.226. The van der Waals surface area contributed by atoms with E-state index in [4.69, 9.17) is 0 Å². The number of sulfonamides is 1. The van der Waals surface area contributed by atoms with Gasteiger partial charge in [0.1, 0.15) is 5.75 Å². The molecule has 0 radical (unpaired) electrons. The third kappa shape index (κ3) is 2.87. The molecule has 1 aromatic carbocycles. The molecule has 1 aliphatic rings. The van der Waals surface area contributed by atoms with Crippen molar-refractivity contribution in [2.24, 2.45) is 0 Å². The topological polar surface area (TPSA) is 73.7 Å². The Bertz CT molecular complexity index is 691. The number of anilines is 1. The van der Waals surface area contributed by atoms with Gasteiger partial charge in [0.2, 0.25) is 4.34 Å². The lowest BCUT2D eigenvalue weighted by Crippen LogP contribution is -2.48. The number of hydrogen-bond donors (Lipinski definition) is 1. The summed E-state index contributed by atoms with van der Waals surface area (Å²) in [5.41, 5.74) is 0.985. The smallest absolute Gasteiger partial charge is 0.270 e. The highest BCUT2D eigenvalue weighted by Gasteiger charge is 2.30. The second kappa shape index (κ2) is 5.63. The van der Waals surface area contributed by atoms with Crippen LogP contribution in [-0.4, -0.2) is 49.0 Å². The number of nitrogens with zero attached hydrogens (tertiary/aromatic N) is 3. The molecule has 1 aliphatic heterocycles. The molecule has 3 rings (SSSR count). The van der Waals surface area contributed by atoms with Crippen molar-refractivity contribution in [1.82, 2.24) is 9.29 Å². The molecular formula is C13H15N3O3S2. The summed E-state index contributed by atoms with van der Waals surface area (Å²) >= 11 is 1.14. The first-order chi connectivity index (χ1) is 10.1. The second-order valence-corrected chi connectivity index (χ2v) is 7.71. The average Bonchev–Trinajstić information content (AvgIpc) is 3.03. The van der Waals surface area contributed by atoms with Crippen LogP contribution in [0.1, 0.15) is 0 Å². The summed E-state index contributed by atoms with van der Waals surface area (Å²) < 4.78 is 26.3. The van der Waals surface area contributed by atoms with Gasteiger partial charge >= 0.3 is 0 Å². The Morgan fingerprint density at radius 1 is 1.10 bits per heavy atom. The van der Waals surface area contributed by atoms with Gasteiger partial charge in [-0.2, -0.15) is 4.31 Å². The monoisotopic (exact) mass is 325 g/mol. The number of thiazole rings is 1. The molecule has 0 aliphatic carbocycles. The predicted octanol–water partition coefficient (Wildman–Crippen LogP) is 1.36. The largest absolute Gasteiger partial charge is 0.508 e. The summed E-state index contributed by atoms with van der Waals surface area (Å²) in [6.45, 7) is 2.11. The minimum Gasteiger partial charge on any atom is -0.508 e. The molecule has 0 bridgehead atoms. The lowest BCUT2D eigenvalue weighted by Gasteiger charge is -2.34. The summed E-state index contributed by atoms with van der Waals surface area (Å²) in [5, 5.41) is 11.0. The second-order valence-electron chi connectivity index (χ2n) is 4.71. The molecule has 1 fully saturated rings. The fourth-order valence-electron chi connectivity index (χ4n) is 2.30. The summed E-state index contributed by atoms with van der Waals surface area (Å²) in [6, 6.07) is 6.93. The normalized spacial score (nSPS) is 17.0. The van der Waals surface area contributed by atoms with Gasteiger partial charge in [0.05, 0.1) is 0 Å². The van der Waals surface area contributed by atoms with Crippen LogP contribution < -0.4 is 4.90 Å². The van der Waals surface area contributed by atoms with Crippen molar-refractivity contribution in [2.45, 2.75) is 4.34 Å². The molecule has 8 heteroatoms. The number of hydrogen-bond acceptors (Lipinski definition) is 6. The lowest BCUT2D eigenvalue weighted by atomic mass is 10.2. The first kappa shape index (κ1) is 14.3. The highest BCUT2D eigenvalue weighted by atomic mass is 32.2. The molecule has 1 N–H and O–H groups in total. The molecular weight excluding hydrogens is 310 g/mol. The molecule has 112 valence electrons. The van der Waals surface area contributed by atoms with Gasteiger partial charge in [0, 0.05) is 43.4 Å². The Balaban J connectivity index is 1.69. The third-order valence-electron chi connectivity index (χ3n) is 3.42. The fraction of sp³-hybridized carbons (Fsp3) is 0.308. The van der Waals surface area contributed by atoms with E-state index in [0.29, 0.717) is 26.2 Å². The molecule has 0 amide bonds. The number of phenolic OH excluding ortho intramolecular Hbond substituents is 1. The van der Waals surface area contributed by atoms with Crippen molar-refractivity contribution in [2.75, 3.05) is 31.1 Å². The quantitative estimate of drug-likeness (QED) is 0.922. The number of rotatable bonds is 3. The Morgan fingerprint density at radius 3 is 2.33 bits per heavy atom. The zero-order chi connectivity index (χ0) is 14.9. The number of aromatic hydroxyl groups is 1.